The van der Waals surface area contributed by atoms with Crippen molar-refractivity contribution in [2.45, 2.75) is 11.9 Å². The molecular formula is C16H13BrN5OS+. The molecule has 1 amide bonds. The van der Waals surface area contributed by atoms with Crippen LogP contribution in [-0.4, -0.2) is 11.7 Å². The number of aryl methyl sites for hydroxylation is 1. The fraction of sp³-hybridized carbons (Fsp3) is 0.125. The minimum absolute atomic E-state index is 0.0941. The molecule has 2 rings (SSSR count). The van der Waals surface area contributed by atoms with Crippen LogP contribution in [0.25, 0.3) is 0 Å². The highest BCUT2D eigenvalue weighted by Gasteiger charge is 2.16. The smallest absolute Gasteiger partial charge is 0.289 e. The average Bonchev–Trinajstić information content (AvgIpc) is 2.55. The number of pyridine rings is 1. The Hall–Kier alpha value is -2.55. The molecule has 0 saturated carbocycles. The molecule has 1 heterocycles. The number of hydrogen-bond donors (Lipinski definition) is 2. The number of nitriles is 2. The Morgan fingerprint density at radius 3 is 2.67 bits per heavy atom. The zero-order valence-electron chi connectivity index (χ0n) is 12.7. The van der Waals surface area contributed by atoms with Gasteiger partial charge >= 0.3 is 0 Å². The van der Waals surface area contributed by atoms with Gasteiger partial charge in [0, 0.05) is 4.47 Å². The molecule has 8 heteroatoms. The van der Waals surface area contributed by atoms with Gasteiger partial charge in [-0.2, -0.15) is 10.5 Å². The Balaban J connectivity index is 2.08. The van der Waals surface area contributed by atoms with E-state index >= 15 is 0 Å². The molecule has 0 saturated heterocycles. The van der Waals surface area contributed by atoms with E-state index in [-0.39, 0.29) is 28.6 Å². The molecule has 0 bridgehead atoms. The van der Waals surface area contributed by atoms with Gasteiger partial charge in [-0.25, -0.2) is 4.98 Å². The van der Waals surface area contributed by atoms with E-state index in [0.717, 1.165) is 21.8 Å². The highest BCUT2D eigenvalue weighted by molar-refractivity contribution is 9.10. The molecule has 4 N–H and O–H groups in total. The van der Waals surface area contributed by atoms with Crippen LogP contribution in [0, 0.1) is 29.6 Å². The fourth-order valence-corrected chi connectivity index (χ4v) is 3.26. The minimum atomic E-state index is -0.218. The van der Waals surface area contributed by atoms with Crippen LogP contribution in [-0.2, 0) is 4.79 Å². The van der Waals surface area contributed by atoms with Crippen molar-refractivity contribution in [1.82, 2.24) is 0 Å². The first-order valence-electron chi connectivity index (χ1n) is 6.79. The summed E-state index contributed by atoms with van der Waals surface area (Å²) >= 11 is 4.55. The summed E-state index contributed by atoms with van der Waals surface area (Å²) in [6.07, 6.45) is 0. The zero-order chi connectivity index (χ0) is 17.7. The second-order valence-electron chi connectivity index (χ2n) is 4.88. The largest absolute Gasteiger partial charge is 0.324 e. The number of aromatic amines is 1. The van der Waals surface area contributed by atoms with Gasteiger partial charge in [0.15, 0.2) is 5.03 Å². The van der Waals surface area contributed by atoms with Crippen LogP contribution >= 0.6 is 27.7 Å². The number of anilines is 2. The van der Waals surface area contributed by atoms with E-state index in [1.54, 1.807) is 0 Å². The van der Waals surface area contributed by atoms with E-state index in [0.29, 0.717) is 10.7 Å². The van der Waals surface area contributed by atoms with Crippen LogP contribution in [0.2, 0.25) is 0 Å². The standard InChI is InChI=1S/C16H12BrN5OS/c1-9-2-3-13(12(17)4-9)21-14(23)8-24-16-11(7-19)5-10(6-18)15(20)22-16/h2-5H,8H2,1H3,(H2,20,22)(H,21,23)/p+1. The van der Waals surface area contributed by atoms with Crippen molar-refractivity contribution < 1.29 is 9.78 Å². The third-order valence-corrected chi connectivity index (χ3v) is 4.73. The van der Waals surface area contributed by atoms with Crippen LogP contribution in [0.1, 0.15) is 16.7 Å². The molecule has 0 atom stereocenters. The van der Waals surface area contributed by atoms with Gasteiger partial charge in [0.2, 0.25) is 5.91 Å². The summed E-state index contributed by atoms with van der Waals surface area (Å²) in [6, 6.07) is 10.9. The number of rotatable bonds is 4. The molecule has 0 fully saturated rings. The van der Waals surface area contributed by atoms with Crippen LogP contribution < -0.4 is 16.0 Å². The number of nitrogens with one attached hydrogen (secondary N) is 2. The van der Waals surface area contributed by atoms with Crippen LogP contribution in [0.4, 0.5) is 11.5 Å². The maximum absolute atomic E-state index is 12.1. The van der Waals surface area contributed by atoms with E-state index in [9.17, 15) is 4.79 Å². The maximum Gasteiger partial charge on any atom is 0.289 e. The number of benzene rings is 1. The number of amides is 1. The van der Waals surface area contributed by atoms with Gasteiger partial charge in [-0.05, 0) is 46.6 Å². The number of nitrogens with two attached hydrogens (primary N) is 1. The summed E-state index contributed by atoms with van der Waals surface area (Å²) in [6.45, 7) is 1.96. The third-order valence-electron chi connectivity index (χ3n) is 3.06. The molecule has 0 aliphatic heterocycles. The van der Waals surface area contributed by atoms with E-state index < -0.39 is 0 Å². The van der Waals surface area contributed by atoms with Crippen LogP contribution in [0.5, 0.6) is 0 Å². The van der Waals surface area contributed by atoms with Crippen molar-refractivity contribution in [3.63, 3.8) is 0 Å². The minimum Gasteiger partial charge on any atom is -0.324 e. The Labute approximate surface area is 151 Å². The monoisotopic (exact) mass is 402 g/mol. The van der Waals surface area contributed by atoms with Gasteiger partial charge in [0.1, 0.15) is 23.3 Å². The second-order valence-corrected chi connectivity index (χ2v) is 6.72. The van der Waals surface area contributed by atoms with E-state index in [4.69, 9.17) is 16.3 Å². The molecule has 0 spiro atoms. The number of carbonyl (C=O) groups is 1. The van der Waals surface area contributed by atoms with E-state index in [1.165, 1.54) is 6.07 Å². The second kappa shape index (κ2) is 7.82. The molecule has 120 valence electrons. The summed E-state index contributed by atoms with van der Waals surface area (Å²) in [5, 5.41) is 21.3. The number of H-pyrrole nitrogens is 1. The Kier molecular flexibility index (Phi) is 5.80. The van der Waals surface area contributed by atoms with Gasteiger partial charge in [0.25, 0.3) is 5.82 Å². The first-order valence-corrected chi connectivity index (χ1v) is 8.57. The van der Waals surface area contributed by atoms with Crippen LogP contribution in [0.3, 0.4) is 0 Å². The Bertz CT molecular complexity index is 885. The van der Waals surface area contributed by atoms with Crippen molar-refractivity contribution in [3.8, 4) is 12.1 Å². The first kappa shape index (κ1) is 17.8. The van der Waals surface area contributed by atoms with Crippen molar-refractivity contribution >= 4 is 45.1 Å². The summed E-state index contributed by atoms with van der Waals surface area (Å²) in [4.78, 5) is 14.9. The van der Waals surface area contributed by atoms with Crippen molar-refractivity contribution in [3.05, 3.63) is 45.4 Å². The predicted octanol–water partition coefficient (Wildman–Crippen LogP) is 2.63. The Morgan fingerprint density at radius 1 is 1.33 bits per heavy atom. The topological polar surface area (TPSA) is 117 Å². The van der Waals surface area contributed by atoms with Crippen molar-refractivity contribution in [2.75, 3.05) is 16.8 Å². The highest BCUT2D eigenvalue weighted by atomic mass is 79.9. The SMILES string of the molecule is Cc1ccc(NC(=O)CSc2[nH+]c(N)c(C#N)cc2C#N)c(Br)c1. The Morgan fingerprint density at radius 2 is 2.04 bits per heavy atom. The summed E-state index contributed by atoms with van der Waals surface area (Å²) < 4.78 is 0.799. The summed E-state index contributed by atoms with van der Waals surface area (Å²) in [7, 11) is 0. The lowest BCUT2D eigenvalue weighted by Gasteiger charge is -2.08. The molecule has 24 heavy (non-hydrogen) atoms. The van der Waals surface area contributed by atoms with Gasteiger partial charge in [-0.15, -0.1) is 0 Å². The van der Waals surface area contributed by atoms with E-state index in [1.807, 2.05) is 37.3 Å². The number of carbonyl (C=O) groups excluding carboxylic acids is 1. The molecule has 0 radical (unpaired) electrons. The predicted molar refractivity (Wildman–Crippen MR) is 95.1 cm³/mol. The molecule has 1 aromatic heterocycles. The normalized spacial score (nSPS) is 9.83. The quantitative estimate of drug-likeness (QED) is 0.762. The van der Waals surface area contributed by atoms with Crippen LogP contribution in [0.15, 0.2) is 33.8 Å². The molecule has 6 nitrogen and oxygen atoms in total. The van der Waals surface area contributed by atoms with Gasteiger partial charge in [-0.3, -0.25) is 10.5 Å². The number of hydrogen-bond acceptors (Lipinski definition) is 5. The lowest BCUT2D eigenvalue weighted by Crippen LogP contribution is -2.19. The molecule has 0 aliphatic carbocycles. The number of aromatic nitrogens is 1. The molecule has 0 unspecified atom stereocenters. The van der Waals surface area contributed by atoms with Gasteiger partial charge < -0.3 is 5.32 Å². The van der Waals surface area contributed by atoms with Gasteiger partial charge in [-0.1, -0.05) is 17.8 Å². The number of nitrogens with zero attached hydrogens (tertiary/aromatic N) is 2. The molecule has 2 aromatic rings. The molecular weight excluding hydrogens is 390 g/mol. The van der Waals surface area contributed by atoms with E-state index in [2.05, 4.69) is 26.2 Å². The van der Waals surface area contributed by atoms with Crippen molar-refractivity contribution in [2.24, 2.45) is 0 Å². The summed E-state index contributed by atoms with van der Waals surface area (Å²) in [5.74, 6) is 0.0436. The molecule has 0 aliphatic rings. The maximum atomic E-state index is 12.1. The lowest BCUT2D eigenvalue weighted by molar-refractivity contribution is -0.410. The number of nitrogen functional groups attached to an aromatic ring is 1. The highest BCUT2D eigenvalue weighted by Crippen LogP contribution is 2.24. The average molecular weight is 403 g/mol. The number of halogens is 1. The van der Waals surface area contributed by atoms with Crippen molar-refractivity contribution in [1.29, 1.82) is 10.5 Å². The zero-order valence-corrected chi connectivity index (χ0v) is 15.1. The fourth-order valence-electron chi connectivity index (χ4n) is 1.88. The first-order chi connectivity index (χ1) is 11.4. The van der Waals surface area contributed by atoms with Gasteiger partial charge in [0.05, 0.1) is 11.4 Å². The third kappa shape index (κ3) is 4.25. The number of thioether (sulfide) groups is 1. The summed E-state index contributed by atoms with van der Waals surface area (Å²) in [5.41, 5.74) is 7.94. The molecule has 1 aromatic carbocycles. The lowest BCUT2D eigenvalue weighted by atomic mass is 10.2.